The van der Waals surface area contributed by atoms with Crippen LogP contribution < -0.4 is 10.2 Å². The topological polar surface area (TPSA) is 62.6 Å². The van der Waals surface area contributed by atoms with Crippen LogP contribution in [0.5, 0.6) is 0 Å². The molecule has 5 nitrogen and oxygen atoms in total. The number of halogens is 1. The lowest BCUT2D eigenvalue weighted by Gasteiger charge is -2.28. The number of amides is 2. The van der Waals surface area contributed by atoms with Gasteiger partial charge in [-0.3, -0.25) is 19.8 Å². The van der Waals surface area contributed by atoms with Gasteiger partial charge in [-0.05, 0) is 78.8 Å². The van der Waals surface area contributed by atoms with Crippen molar-refractivity contribution in [3.05, 3.63) is 83.4 Å². The number of furan rings is 1. The molecule has 4 rings (SSSR count). The summed E-state index contributed by atoms with van der Waals surface area (Å²) in [5.74, 6) is -0.658. The third kappa shape index (κ3) is 3.79. The molecule has 30 heavy (non-hydrogen) atoms. The summed E-state index contributed by atoms with van der Waals surface area (Å²) in [5, 5.41) is 2.57. The van der Waals surface area contributed by atoms with Crippen LogP contribution in [0.25, 0.3) is 17.4 Å². The van der Waals surface area contributed by atoms with E-state index in [4.69, 9.17) is 16.6 Å². The van der Waals surface area contributed by atoms with Crippen molar-refractivity contribution in [2.75, 3.05) is 4.90 Å². The Bertz CT molecular complexity index is 1160. The fourth-order valence-electron chi connectivity index (χ4n) is 3.11. The smallest absolute Gasteiger partial charge is 0.270 e. The molecule has 1 aliphatic heterocycles. The first kappa shape index (κ1) is 19.7. The second kappa shape index (κ2) is 8.04. The molecular weight excluding hydrogens is 403 g/mol. The first-order chi connectivity index (χ1) is 14.5. The van der Waals surface area contributed by atoms with E-state index in [0.717, 1.165) is 12.0 Å². The van der Waals surface area contributed by atoms with Crippen LogP contribution in [-0.4, -0.2) is 16.9 Å². The number of nitrogens with zero attached hydrogens (tertiary/aromatic N) is 1. The predicted molar refractivity (Wildman–Crippen MR) is 116 cm³/mol. The molecule has 0 atom stereocenters. The molecule has 1 fully saturated rings. The Morgan fingerprint density at radius 3 is 2.40 bits per heavy atom. The summed E-state index contributed by atoms with van der Waals surface area (Å²) in [5.41, 5.74) is 2.28. The molecule has 2 heterocycles. The van der Waals surface area contributed by atoms with E-state index in [9.17, 15) is 14.0 Å². The number of carbonyl (C=O) groups excluding carboxylic acids is 2. The molecule has 150 valence electrons. The summed E-state index contributed by atoms with van der Waals surface area (Å²) in [4.78, 5) is 26.7. The summed E-state index contributed by atoms with van der Waals surface area (Å²) in [6.07, 6.45) is 2.25. The molecule has 0 unspecified atom stereocenters. The lowest BCUT2D eigenvalue weighted by molar-refractivity contribution is -0.122. The summed E-state index contributed by atoms with van der Waals surface area (Å²) in [6.45, 7) is 2.04. The number of carbonyl (C=O) groups is 2. The first-order valence-corrected chi connectivity index (χ1v) is 9.73. The second-order valence-electron chi connectivity index (χ2n) is 6.69. The zero-order chi connectivity index (χ0) is 21.3. The average Bonchev–Trinajstić information content (AvgIpc) is 3.21. The Balaban J connectivity index is 1.65. The zero-order valence-corrected chi connectivity index (χ0v) is 16.8. The summed E-state index contributed by atoms with van der Waals surface area (Å²) >= 11 is 5.21. The third-order valence-electron chi connectivity index (χ3n) is 4.75. The van der Waals surface area contributed by atoms with E-state index in [0.29, 0.717) is 22.8 Å². The first-order valence-electron chi connectivity index (χ1n) is 9.32. The highest BCUT2D eigenvalue weighted by Gasteiger charge is 2.34. The minimum absolute atomic E-state index is 0.0258. The van der Waals surface area contributed by atoms with E-state index >= 15 is 0 Å². The van der Waals surface area contributed by atoms with E-state index in [-0.39, 0.29) is 16.5 Å². The molecule has 3 aromatic rings. The third-order valence-corrected chi connectivity index (χ3v) is 5.03. The van der Waals surface area contributed by atoms with Crippen molar-refractivity contribution in [3.63, 3.8) is 0 Å². The van der Waals surface area contributed by atoms with Crippen molar-refractivity contribution in [2.24, 2.45) is 0 Å². The van der Waals surface area contributed by atoms with Crippen molar-refractivity contribution in [3.8, 4) is 11.3 Å². The molecule has 1 N–H and O–H groups in total. The van der Waals surface area contributed by atoms with Gasteiger partial charge in [0.05, 0.1) is 5.69 Å². The average molecular weight is 420 g/mol. The van der Waals surface area contributed by atoms with Crippen molar-refractivity contribution in [1.82, 2.24) is 5.32 Å². The fraction of sp³-hybridized carbons (Fsp3) is 0.0870. The maximum absolute atomic E-state index is 13.1. The van der Waals surface area contributed by atoms with Crippen LogP contribution in [0, 0.1) is 5.82 Å². The Labute approximate surface area is 177 Å². The largest absolute Gasteiger partial charge is 0.457 e. The van der Waals surface area contributed by atoms with Gasteiger partial charge in [0.15, 0.2) is 5.11 Å². The maximum Gasteiger partial charge on any atom is 0.270 e. The van der Waals surface area contributed by atoms with Crippen molar-refractivity contribution < 1.29 is 18.4 Å². The van der Waals surface area contributed by atoms with E-state index in [1.165, 1.54) is 23.1 Å². The monoisotopic (exact) mass is 420 g/mol. The van der Waals surface area contributed by atoms with Crippen LogP contribution in [0.15, 0.2) is 70.7 Å². The minimum Gasteiger partial charge on any atom is -0.457 e. The highest BCUT2D eigenvalue weighted by molar-refractivity contribution is 7.80. The minimum atomic E-state index is -0.592. The van der Waals surface area contributed by atoms with Crippen LogP contribution in [0.2, 0.25) is 0 Å². The number of thiocarbonyl (C=S) groups is 1. The number of nitrogens with one attached hydrogen (secondary N) is 1. The predicted octanol–water partition coefficient (Wildman–Crippen LogP) is 4.48. The van der Waals surface area contributed by atoms with Gasteiger partial charge >= 0.3 is 0 Å². The molecule has 0 saturated carbocycles. The summed E-state index contributed by atoms with van der Waals surface area (Å²) in [6, 6.07) is 16.6. The van der Waals surface area contributed by atoms with Gasteiger partial charge in [-0.25, -0.2) is 4.39 Å². The number of benzene rings is 2. The van der Waals surface area contributed by atoms with Gasteiger partial charge in [-0.1, -0.05) is 19.1 Å². The molecule has 0 radical (unpaired) electrons. The summed E-state index contributed by atoms with van der Waals surface area (Å²) in [7, 11) is 0. The quantitative estimate of drug-likeness (QED) is 0.384. The maximum atomic E-state index is 13.1. The van der Waals surface area contributed by atoms with Crippen LogP contribution in [0.1, 0.15) is 18.2 Å². The number of hydrogen-bond donors (Lipinski definition) is 1. The molecular formula is C23H17FN2O3S. The molecule has 1 aliphatic rings. The highest BCUT2D eigenvalue weighted by Crippen LogP contribution is 2.26. The molecule has 2 amide bonds. The van der Waals surface area contributed by atoms with Crippen LogP contribution in [0.3, 0.4) is 0 Å². The van der Waals surface area contributed by atoms with Gasteiger partial charge in [0, 0.05) is 5.56 Å². The molecule has 0 bridgehead atoms. The van der Waals surface area contributed by atoms with Gasteiger partial charge in [0.25, 0.3) is 11.8 Å². The molecule has 7 heteroatoms. The van der Waals surface area contributed by atoms with Crippen LogP contribution >= 0.6 is 12.2 Å². The fourth-order valence-corrected chi connectivity index (χ4v) is 3.40. The SMILES string of the molecule is CCc1ccc(N2C(=O)/C(=C/c3ccc(-c4ccc(F)cc4)o3)C(=O)NC2=S)cc1. The van der Waals surface area contributed by atoms with Crippen LogP contribution in [-0.2, 0) is 16.0 Å². The Morgan fingerprint density at radius 1 is 1.03 bits per heavy atom. The van der Waals surface area contributed by atoms with Crippen molar-refractivity contribution in [1.29, 1.82) is 0 Å². The zero-order valence-electron chi connectivity index (χ0n) is 16.0. The van der Waals surface area contributed by atoms with E-state index in [1.807, 2.05) is 19.1 Å². The molecule has 2 aromatic carbocycles. The number of hydrogen-bond acceptors (Lipinski definition) is 4. The van der Waals surface area contributed by atoms with Gasteiger partial charge in [-0.2, -0.15) is 0 Å². The van der Waals surface area contributed by atoms with Crippen LogP contribution in [0.4, 0.5) is 10.1 Å². The van der Waals surface area contributed by atoms with Gasteiger partial charge in [0.2, 0.25) is 0 Å². The Morgan fingerprint density at radius 2 is 1.73 bits per heavy atom. The van der Waals surface area contributed by atoms with Gasteiger partial charge in [-0.15, -0.1) is 0 Å². The van der Waals surface area contributed by atoms with Crippen molar-refractivity contribution in [2.45, 2.75) is 13.3 Å². The molecule has 0 spiro atoms. The van der Waals surface area contributed by atoms with Gasteiger partial charge < -0.3 is 4.42 Å². The lowest BCUT2D eigenvalue weighted by Crippen LogP contribution is -2.54. The molecule has 1 saturated heterocycles. The Hall–Kier alpha value is -3.58. The standard InChI is InChI=1S/C23H17FN2O3S/c1-2-14-3-9-17(10-4-14)26-22(28)19(21(27)25-23(26)30)13-18-11-12-20(29-18)15-5-7-16(24)8-6-15/h3-13H,2H2,1H3,(H,25,27,30)/b19-13+. The normalized spacial score (nSPS) is 15.6. The lowest BCUT2D eigenvalue weighted by atomic mass is 10.1. The van der Waals surface area contributed by atoms with Crippen molar-refractivity contribution >= 4 is 40.9 Å². The summed E-state index contributed by atoms with van der Waals surface area (Å²) < 4.78 is 18.8. The number of anilines is 1. The Kier molecular flexibility index (Phi) is 5.29. The van der Waals surface area contributed by atoms with Gasteiger partial charge in [0.1, 0.15) is 22.9 Å². The molecule has 1 aromatic heterocycles. The van der Waals surface area contributed by atoms with E-state index in [1.54, 1.807) is 36.4 Å². The molecule has 0 aliphatic carbocycles. The second-order valence-corrected chi connectivity index (χ2v) is 7.07. The van der Waals surface area contributed by atoms with E-state index < -0.39 is 11.8 Å². The highest BCUT2D eigenvalue weighted by atomic mass is 32.1. The van der Waals surface area contributed by atoms with E-state index in [2.05, 4.69) is 5.32 Å². The number of rotatable bonds is 4. The number of aryl methyl sites for hydroxylation is 1.